The van der Waals surface area contributed by atoms with Crippen LogP contribution in [0.25, 0.3) is 0 Å². The summed E-state index contributed by atoms with van der Waals surface area (Å²) in [6.45, 7) is 1.49. The molecule has 0 amide bonds. The summed E-state index contributed by atoms with van der Waals surface area (Å²) in [7, 11) is 0. The van der Waals surface area contributed by atoms with Crippen LogP contribution in [0.3, 0.4) is 0 Å². The SMILES string of the molecule is N#CCOc1ccccc1CNCc1ccoc1. The molecule has 1 N–H and O–H groups in total. The average Bonchev–Trinajstić information content (AvgIpc) is 2.91. The van der Waals surface area contributed by atoms with E-state index in [9.17, 15) is 0 Å². The van der Waals surface area contributed by atoms with Gasteiger partial charge in [-0.05, 0) is 12.1 Å². The Bertz CT molecular complexity index is 515. The lowest BCUT2D eigenvalue weighted by molar-refractivity contribution is 0.362. The smallest absolute Gasteiger partial charge is 0.174 e. The number of nitrogens with one attached hydrogen (secondary N) is 1. The minimum Gasteiger partial charge on any atom is -0.478 e. The van der Waals surface area contributed by atoms with Gasteiger partial charge >= 0.3 is 0 Å². The van der Waals surface area contributed by atoms with Crippen molar-refractivity contribution in [2.45, 2.75) is 13.1 Å². The largest absolute Gasteiger partial charge is 0.478 e. The van der Waals surface area contributed by atoms with E-state index >= 15 is 0 Å². The lowest BCUT2D eigenvalue weighted by Gasteiger charge is -2.09. The quantitative estimate of drug-likeness (QED) is 0.845. The Hall–Kier alpha value is -2.25. The normalized spacial score (nSPS) is 9.94. The molecule has 92 valence electrons. The molecule has 4 heteroatoms. The predicted molar refractivity (Wildman–Crippen MR) is 66.8 cm³/mol. The summed E-state index contributed by atoms with van der Waals surface area (Å²) in [5.74, 6) is 0.749. The first kappa shape index (κ1) is 12.2. The molecule has 0 unspecified atom stereocenters. The van der Waals surface area contributed by atoms with Gasteiger partial charge in [-0.2, -0.15) is 5.26 Å². The number of hydrogen-bond donors (Lipinski definition) is 1. The third-order valence-electron chi connectivity index (χ3n) is 2.49. The standard InChI is InChI=1S/C14H14N2O2/c15-6-8-18-14-4-2-1-3-13(14)10-16-9-12-5-7-17-11-12/h1-5,7,11,16H,8-10H2. The Morgan fingerprint density at radius 2 is 2.11 bits per heavy atom. The van der Waals surface area contributed by atoms with Crippen LogP contribution in [0, 0.1) is 11.3 Å². The molecule has 0 atom stereocenters. The molecule has 0 bridgehead atoms. The Kier molecular flexibility index (Phi) is 4.39. The first-order valence-corrected chi connectivity index (χ1v) is 5.69. The summed E-state index contributed by atoms with van der Waals surface area (Å²) < 4.78 is 10.3. The number of nitriles is 1. The van der Waals surface area contributed by atoms with Gasteiger partial charge in [-0.3, -0.25) is 0 Å². The van der Waals surface area contributed by atoms with Crippen molar-refractivity contribution in [1.29, 1.82) is 5.26 Å². The summed E-state index contributed by atoms with van der Waals surface area (Å²) >= 11 is 0. The van der Waals surface area contributed by atoms with Crippen LogP contribution in [0.1, 0.15) is 11.1 Å². The van der Waals surface area contributed by atoms with Crippen molar-refractivity contribution in [1.82, 2.24) is 5.32 Å². The summed E-state index contributed by atoms with van der Waals surface area (Å²) in [4.78, 5) is 0. The summed E-state index contributed by atoms with van der Waals surface area (Å²) in [6.07, 6.45) is 3.37. The van der Waals surface area contributed by atoms with Gasteiger partial charge in [0.05, 0.1) is 12.5 Å². The fraction of sp³-hybridized carbons (Fsp3) is 0.214. The van der Waals surface area contributed by atoms with Crippen LogP contribution >= 0.6 is 0 Å². The first-order chi connectivity index (χ1) is 8.90. The fourth-order valence-corrected chi connectivity index (χ4v) is 1.64. The maximum Gasteiger partial charge on any atom is 0.174 e. The Balaban J connectivity index is 1.90. The second-order valence-corrected chi connectivity index (χ2v) is 3.79. The molecule has 0 aliphatic carbocycles. The third-order valence-corrected chi connectivity index (χ3v) is 2.49. The number of furan rings is 1. The molecule has 1 heterocycles. The monoisotopic (exact) mass is 242 g/mol. The molecule has 0 saturated carbocycles. The van der Waals surface area contributed by atoms with E-state index < -0.39 is 0 Å². The van der Waals surface area contributed by atoms with Crippen LogP contribution < -0.4 is 10.1 Å². The molecule has 0 radical (unpaired) electrons. The third kappa shape index (κ3) is 3.37. The molecule has 1 aromatic carbocycles. The van der Waals surface area contributed by atoms with Gasteiger partial charge in [0.15, 0.2) is 6.61 Å². The van der Waals surface area contributed by atoms with Gasteiger partial charge in [-0.15, -0.1) is 0 Å². The van der Waals surface area contributed by atoms with Crippen LogP contribution in [0.2, 0.25) is 0 Å². The van der Waals surface area contributed by atoms with Crippen LogP contribution in [-0.4, -0.2) is 6.61 Å². The highest BCUT2D eigenvalue weighted by molar-refractivity contribution is 5.33. The maximum atomic E-state index is 8.52. The molecule has 1 aromatic heterocycles. The Morgan fingerprint density at radius 1 is 1.22 bits per heavy atom. The van der Waals surface area contributed by atoms with Gasteiger partial charge in [0.1, 0.15) is 11.8 Å². The van der Waals surface area contributed by atoms with Crippen molar-refractivity contribution >= 4 is 0 Å². The van der Waals surface area contributed by atoms with Crippen molar-refractivity contribution in [2.75, 3.05) is 6.61 Å². The highest BCUT2D eigenvalue weighted by atomic mass is 16.5. The van der Waals surface area contributed by atoms with Crippen LogP contribution in [-0.2, 0) is 13.1 Å². The highest BCUT2D eigenvalue weighted by Gasteiger charge is 2.02. The Labute approximate surface area is 106 Å². The number of hydrogen-bond acceptors (Lipinski definition) is 4. The number of benzene rings is 1. The number of nitrogens with zero attached hydrogens (tertiary/aromatic N) is 1. The van der Waals surface area contributed by atoms with Gasteiger partial charge in [0.2, 0.25) is 0 Å². The molecule has 0 saturated heterocycles. The van der Waals surface area contributed by atoms with E-state index in [0.29, 0.717) is 6.54 Å². The van der Waals surface area contributed by atoms with Crippen molar-refractivity contribution < 1.29 is 9.15 Å². The molecule has 0 spiro atoms. The zero-order valence-corrected chi connectivity index (χ0v) is 9.93. The molecule has 0 fully saturated rings. The van der Waals surface area contributed by atoms with Crippen molar-refractivity contribution in [2.24, 2.45) is 0 Å². The molecule has 2 aromatic rings. The molecule has 4 nitrogen and oxygen atoms in total. The predicted octanol–water partition coefficient (Wildman–Crippen LogP) is 2.47. The minimum atomic E-state index is 0.0682. The first-order valence-electron chi connectivity index (χ1n) is 5.69. The second kappa shape index (κ2) is 6.48. The summed E-state index contributed by atoms with van der Waals surface area (Å²) in [5.41, 5.74) is 2.14. The van der Waals surface area contributed by atoms with E-state index in [4.69, 9.17) is 14.4 Å². The fourth-order valence-electron chi connectivity index (χ4n) is 1.64. The van der Waals surface area contributed by atoms with E-state index in [1.54, 1.807) is 12.5 Å². The number of rotatable bonds is 6. The zero-order valence-electron chi connectivity index (χ0n) is 9.93. The van der Waals surface area contributed by atoms with Crippen LogP contribution in [0.5, 0.6) is 5.75 Å². The van der Waals surface area contributed by atoms with Crippen molar-refractivity contribution in [3.8, 4) is 11.8 Å². The minimum absolute atomic E-state index is 0.0682. The van der Waals surface area contributed by atoms with Crippen LogP contribution in [0.4, 0.5) is 0 Å². The molecular weight excluding hydrogens is 228 g/mol. The summed E-state index contributed by atoms with van der Waals surface area (Å²) in [6, 6.07) is 11.6. The van der Waals surface area contributed by atoms with E-state index in [1.165, 1.54) is 0 Å². The number of para-hydroxylation sites is 1. The molecule has 0 aliphatic rings. The second-order valence-electron chi connectivity index (χ2n) is 3.79. The number of ether oxygens (including phenoxy) is 1. The van der Waals surface area contributed by atoms with E-state index in [-0.39, 0.29) is 6.61 Å². The summed E-state index contributed by atoms with van der Waals surface area (Å²) in [5, 5.41) is 11.8. The molecule has 2 rings (SSSR count). The Morgan fingerprint density at radius 3 is 2.89 bits per heavy atom. The van der Waals surface area contributed by atoms with Crippen molar-refractivity contribution in [3.63, 3.8) is 0 Å². The average molecular weight is 242 g/mol. The topological polar surface area (TPSA) is 58.2 Å². The van der Waals surface area contributed by atoms with Gasteiger partial charge in [-0.1, -0.05) is 18.2 Å². The van der Waals surface area contributed by atoms with Gasteiger partial charge in [0, 0.05) is 24.2 Å². The maximum absolute atomic E-state index is 8.52. The van der Waals surface area contributed by atoms with Gasteiger partial charge < -0.3 is 14.5 Å². The van der Waals surface area contributed by atoms with E-state index in [0.717, 1.165) is 23.4 Å². The van der Waals surface area contributed by atoms with Gasteiger partial charge in [-0.25, -0.2) is 0 Å². The zero-order chi connectivity index (χ0) is 12.6. The molecule has 0 aliphatic heterocycles. The van der Waals surface area contributed by atoms with E-state index in [1.807, 2.05) is 36.4 Å². The molecular formula is C14H14N2O2. The molecule has 18 heavy (non-hydrogen) atoms. The van der Waals surface area contributed by atoms with Gasteiger partial charge in [0.25, 0.3) is 0 Å². The highest BCUT2D eigenvalue weighted by Crippen LogP contribution is 2.17. The van der Waals surface area contributed by atoms with Crippen LogP contribution in [0.15, 0.2) is 47.3 Å². The lowest BCUT2D eigenvalue weighted by atomic mass is 10.2. The lowest BCUT2D eigenvalue weighted by Crippen LogP contribution is -2.13. The van der Waals surface area contributed by atoms with E-state index in [2.05, 4.69) is 5.32 Å². The van der Waals surface area contributed by atoms with Crippen molar-refractivity contribution in [3.05, 3.63) is 54.0 Å².